The topological polar surface area (TPSA) is 0 Å². The SMILES string of the molecule is CCCCCCCCC=CCCCCCCCCC=CCCCCCCCCCCCCCCCCC. The van der Waals surface area contributed by atoms with Crippen molar-refractivity contribution in [1.82, 2.24) is 0 Å². The Morgan fingerprint density at radius 1 is 0.216 bits per heavy atom. The molecule has 0 atom stereocenters. The van der Waals surface area contributed by atoms with Crippen molar-refractivity contribution in [3.8, 4) is 0 Å². The fraction of sp³-hybridized carbons (Fsp3) is 0.892. The van der Waals surface area contributed by atoms with Crippen molar-refractivity contribution < 1.29 is 0 Å². The highest BCUT2D eigenvalue weighted by Crippen LogP contribution is 2.14. The lowest BCUT2D eigenvalue weighted by Crippen LogP contribution is -1.83. The van der Waals surface area contributed by atoms with Gasteiger partial charge in [0.2, 0.25) is 0 Å². The van der Waals surface area contributed by atoms with Gasteiger partial charge in [-0.05, 0) is 51.4 Å². The zero-order valence-corrected chi connectivity index (χ0v) is 26.2. The van der Waals surface area contributed by atoms with Gasteiger partial charge in [-0.3, -0.25) is 0 Å². The molecule has 37 heavy (non-hydrogen) atoms. The minimum Gasteiger partial charge on any atom is -0.0885 e. The highest BCUT2D eigenvalue weighted by Gasteiger charge is 1.95. The molecule has 0 amide bonds. The van der Waals surface area contributed by atoms with E-state index in [1.54, 1.807) is 0 Å². The molecule has 0 rings (SSSR count). The van der Waals surface area contributed by atoms with Gasteiger partial charge in [-0.1, -0.05) is 186 Å². The monoisotopic (exact) mass is 517 g/mol. The van der Waals surface area contributed by atoms with Crippen LogP contribution in [0.15, 0.2) is 24.3 Å². The normalized spacial score (nSPS) is 11.9. The predicted octanol–water partition coefficient (Wildman–Crippen LogP) is 14.2. The van der Waals surface area contributed by atoms with Crippen LogP contribution in [0.5, 0.6) is 0 Å². The van der Waals surface area contributed by atoms with Crippen LogP contribution in [0.25, 0.3) is 0 Å². The van der Waals surface area contributed by atoms with Crippen LogP contribution < -0.4 is 0 Å². The Morgan fingerprint density at radius 3 is 0.568 bits per heavy atom. The molecular formula is C37H72. The van der Waals surface area contributed by atoms with E-state index in [1.165, 1.54) is 199 Å². The lowest BCUT2D eigenvalue weighted by Gasteiger charge is -2.03. The van der Waals surface area contributed by atoms with Crippen molar-refractivity contribution in [2.24, 2.45) is 0 Å². The number of unbranched alkanes of at least 4 members (excludes halogenated alkanes) is 28. The zero-order valence-electron chi connectivity index (χ0n) is 26.2. The third-order valence-corrected chi connectivity index (χ3v) is 8.02. The minimum absolute atomic E-state index is 1.30. The average molecular weight is 517 g/mol. The maximum atomic E-state index is 2.46. The Morgan fingerprint density at radius 2 is 0.378 bits per heavy atom. The summed E-state index contributed by atoms with van der Waals surface area (Å²) in [5.41, 5.74) is 0. The molecule has 0 unspecified atom stereocenters. The quantitative estimate of drug-likeness (QED) is 0.0616. The Labute approximate surface area is 236 Å². The highest BCUT2D eigenvalue weighted by molar-refractivity contribution is 4.82. The van der Waals surface area contributed by atoms with Gasteiger partial charge in [-0.15, -0.1) is 0 Å². The Hall–Kier alpha value is -0.520. The molecule has 0 aliphatic heterocycles. The summed E-state index contributed by atoms with van der Waals surface area (Å²) >= 11 is 0. The lowest BCUT2D eigenvalue weighted by molar-refractivity contribution is 0.533. The molecule has 0 aromatic rings. The van der Waals surface area contributed by atoms with Gasteiger partial charge in [0, 0.05) is 0 Å². The van der Waals surface area contributed by atoms with Gasteiger partial charge in [0.05, 0.1) is 0 Å². The predicted molar refractivity (Wildman–Crippen MR) is 173 cm³/mol. The summed E-state index contributed by atoms with van der Waals surface area (Å²) in [7, 11) is 0. The largest absolute Gasteiger partial charge is 0.0885 e. The molecule has 0 nitrogen and oxygen atoms in total. The fourth-order valence-electron chi connectivity index (χ4n) is 5.38. The van der Waals surface area contributed by atoms with E-state index >= 15 is 0 Å². The average Bonchev–Trinajstić information content (AvgIpc) is 2.91. The number of hydrogen-bond donors (Lipinski definition) is 0. The molecule has 0 spiro atoms. The summed E-state index contributed by atoms with van der Waals surface area (Å²) in [6, 6.07) is 0. The van der Waals surface area contributed by atoms with E-state index in [4.69, 9.17) is 0 Å². The van der Waals surface area contributed by atoms with Crippen LogP contribution in [0.3, 0.4) is 0 Å². The molecule has 0 radical (unpaired) electrons. The first-order chi connectivity index (χ1) is 18.4. The van der Waals surface area contributed by atoms with Gasteiger partial charge in [-0.25, -0.2) is 0 Å². The van der Waals surface area contributed by atoms with Crippen molar-refractivity contribution >= 4 is 0 Å². The van der Waals surface area contributed by atoms with Crippen LogP contribution in [0.4, 0.5) is 0 Å². The van der Waals surface area contributed by atoms with Gasteiger partial charge < -0.3 is 0 Å². The van der Waals surface area contributed by atoms with Crippen LogP contribution >= 0.6 is 0 Å². The first kappa shape index (κ1) is 36.5. The minimum atomic E-state index is 1.30. The van der Waals surface area contributed by atoms with Crippen LogP contribution in [0.2, 0.25) is 0 Å². The molecule has 0 saturated carbocycles. The zero-order chi connectivity index (χ0) is 26.7. The summed E-state index contributed by atoms with van der Waals surface area (Å²) in [4.78, 5) is 0. The van der Waals surface area contributed by atoms with Crippen molar-refractivity contribution in [2.45, 2.75) is 213 Å². The second-order valence-electron chi connectivity index (χ2n) is 11.9. The van der Waals surface area contributed by atoms with E-state index in [0.717, 1.165) is 0 Å². The molecule has 0 N–H and O–H groups in total. The highest BCUT2D eigenvalue weighted by atomic mass is 14.0. The molecule has 0 saturated heterocycles. The van der Waals surface area contributed by atoms with Gasteiger partial charge in [0.15, 0.2) is 0 Å². The third-order valence-electron chi connectivity index (χ3n) is 8.02. The second kappa shape index (κ2) is 35.5. The molecular weight excluding hydrogens is 444 g/mol. The summed E-state index contributed by atoms with van der Waals surface area (Å²) in [5, 5.41) is 0. The van der Waals surface area contributed by atoms with Crippen LogP contribution in [0.1, 0.15) is 213 Å². The smallest absolute Gasteiger partial charge is 0.0351 e. The maximum Gasteiger partial charge on any atom is -0.0351 e. The molecule has 220 valence electrons. The first-order valence-electron chi connectivity index (χ1n) is 17.7. The van der Waals surface area contributed by atoms with E-state index in [1.807, 2.05) is 0 Å². The van der Waals surface area contributed by atoms with Crippen LogP contribution in [0, 0.1) is 0 Å². The maximum absolute atomic E-state index is 2.46. The van der Waals surface area contributed by atoms with E-state index in [0.29, 0.717) is 0 Å². The third kappa shape index (κ3) is 35.5. The van der Waals surface area contributed by atoms with Crippen molar-refractivity contribution in [1.29, 1.82) is 0 Å². The molecule has 0 aromatic carbocycles. The molecule has 0 aliphatic carbocycles. The summed E-state index contributed by atoms with van der Waals surface area (Å²) in [6.07, 6.45) is 53.9. The molecule has 0 heterocycles. The molecule has 0 bridgehead atoms. The number of allylic oxidation sites excluding steroid dienone is 4. The van der Waals surface area contributed by atoms with Gasteiger partial charge >= 0.3 is 0 Å². The Kier molecular flexibility index (Phi) is 35.0. The Balaban J connectivity index is 3.12. The number of hydrogen-bond acceptors (Lipinski definition) is 0. The summed E-state index contributed by atoms with van der Waals surface area (Å²) in [5.74, 6) is 0. The standard InChI is InChI=1S/C37H72/c1-3-5-7-9-11-13-15-17-19-21-23-25-27-29-31-33-35-37-36-34-32-30-28-26-24-22-20-18-16-14-12-10-8-6-4-2/h17,19,36-37H,3-16,18,20-35H2,1-2H3. The van der Waals surface area contributed by atoms with Crippen molar-refractivity contribution in [3.63, 3.8) is 0 Å². The van der Waals surface area contributed by atoms with Crippen LogP contribution in [-0.2, 0) is 0 Å². The fourth-order valence-corrected chi connectivity index (χ4v) is 5.38. The van der Waals surface area contributed by atoms with E-state index in [-0.39, 0.29) is 0 Å². The van der Waals surface area contributed by atoms with Gasteiger partial charge in [0.25, 0.3) is 0 Å². The molecule has 0 aromatic heterocycles. The van der Waals surface area contributed by atoms with Crippen molar-refractivity contribution in [3.05, 3.63) is 24.3 Å². The summed E-state index contributed by atoms with van der Waals surface area (Å²) < 4.78 is 0. The van der Waals surface area contributed by atoms with E-state index < -0.39 is 0 Å². The first-order valence-corrected chi connectivity index (χ1v) is 17.7. The number of rotatable bonds is 32. The second-order valence-corrected chi connectivity index (χ2v) is 11.9. The van der Waals surface area contributed by atoms with E-state index in [2.05, 4.69) is 38.2 Å². The van der Waals surface area contributed by atoms with Gasteiger partial charge in [0.1, 0.15) is 0 Å². The molecule has 0 aliphatic rings. The van der Waals surface area contributed by atoms with Gasteiger partial charge in [-0.2, -0.15) is 0 Å². The molecule has 0 fully saturated rings. The summed E-state index contributed by atoms with van der Waals surface area (Å²) in [6.45, 7) is 4.60. The van der Waals surface area contributed by atoms with Crippen LogP contribution in [-0.4, -0.2) is 0 Å². The Bertz CT molecular complexity index is 431. The van der Waals surface area contributed by atoms with E-state index in [9.17, 15) is 0 Å². The van der Waals surface area contributed by atoms with Crippen molar-refractivity contribution in [2.75, 3.05) is 0 Å². The lowest BCUT2D eigenvalue weighted by atomic mass is 10.0. The molecule has 0 heteroatoms.